The van der Waals surface area contributed by atoms with E-state index < -0.39 is 0 Å². The maximum Gasteiger partial charge on any atom is 0.251 e. The molecule has 21 heavy (non-hydrogen) atoms. The quantitative estimate of drug-likeness (QED) is 0.912. The highest BCUT2D eigenvalue weighted by Crippen LogP contribution is 2.07. The molecule has 3 nitrogen and oxygen atoms in total. The molecule has 0 aromatic heterocycles. The maximum atomic E-state index is 12.1. The number of benzene rings is 2. The number of carbonyl (C=O) groups is 1. The summed E-state index contributed by atoms with van der Waals surface area (Å²) in [4.78, 5) is 12.1. The molecule has 0 fully saturated rings. The van der Waals surface area contributed by atoms with Crippen molar-refractivity contribution in [2.24, 2.45) is 0 Å². The molecule has 0 radical (unpaired) electrons. The Morgan fingerprint density at radius 3 is 2.43 bits per heavy atom. The van der Waals surface area contributed by atoms with E-state index in [1.54, 1.807) is 24.3 Å². The van der Waals surface area contributed by atoms with Gasteiger partial charge in [-0.05, 0) is 49.6 Å². The molecule has 2 rings (SSSR count). The minimum absolute atomic E-state index is 0.0972. The van der Waals surface area contributed by atoms with Crippen LogP contribution >= 0.6 is 0 Å². The highest BCUT2D eigenvalue weighted by Gasteiger charge is 2.09. The van der Waals surface area contributed by atoms with Crippen molar-refractivity contribution in [3.63, 3.8) is 0 Å². The summed E-state index contributed by atoms with van der Waals surface area (Å²) < 4.78 is 0. The monoisotopic (exact) mass is 278 g/mol. The molecule has 0 bridgehead atoms. The number of nitriles is 1. The lowest BCUT2D eigenvalue weighted by molar-refractivity contribution is 0.0938. The van der Waals surface area contributed by atoms with Gasteiger partial charge in [0.05, 0.1) is 11.6 Å². The Hall–Kier alpha value is -2.60. The van der Waals surface area contributed by atoms with Crippen molar-refractivity contribution in [1.82, 2.24) is 5.32 Å². The molecule has 0 heterocycles. The predicted octanol–water partition coefficient (Wildman–Crippen LogP) is 3.31. The lowest BCUT2D eigenvalue weighted by atomic mass is 10.1. The average molecular weight is 278 g/mol. The van der Waals surface area contributed by atoms with Crippen LogP contribution in [0.25, 0.3) is 0 Å². The molecule has 0 aliphatic carbocycles. The molecule has 1 N–H and O–H groups in total. The second kappa shape index (κ2) is 7.25. The normalized spacial score (nSPS) is 11.4. The molecular weight excluding hydrogens is 260 g/mol. The van der Waals surface area contributed by atoms with Crippen LogP contribution in [0.4, 0.5) is 0 Å². The first-order valence-corrected chi connectivity index (χ1v) is 7.04. The number of aryl methyl sites for hydroxylation is 1. The summed E-state index contributed by atoms with van der Waals surface area (Å²) in [7, 11) is 0. The zero-order chi connectivity index (χ0) is 15.1. The van der Waals surface area contributed by atoms with Gasteiger partial charge in [-0.3, -0.25) is 4.79 Å². The third-order valence-electron chi connectivity index (χ3n) is 3.36. The minimum Gasteiger partial charge on any atom is -0.350 e. The summed E-state index contributed by atoms with van der Waals surface area (Å²) >= 11 is 0. The fourth-order valence-corrected chi connectivity index (χ4v) is 2.10. The van der Waals surface area contributed by atoms with E-state index in [1.165, 1.54) is 5.56 Å². The van der Waals surface area contributed by atoms with Crippen LogP contribution in [-0.2, 0) is 6.42 Å². The Morgan fingerprint density at radius 1 is 1.14 bits per heavy atom. The molecule has 0 spiro atoms. The van der Waals surface area contributed by atoms with E-state index in [9.17, 15) is 4.79 Å². The number of rotatable bonds is 5. The molecule has 2 aromatic carbocycles. The number of carbonyl (C=O) groups excluding carboxylic acids is 1. The summed E-state index contributed by atoms with van der Waals surface area (Å²) in [6.45, 7) is 2.00. The Morgan fingerprint density at radius 2 is 1.81 bits per heavy atom. The third kappa shape index (κ3) is 4.47. The van der Waals surface area contributed by atoms with Crippen molar-refractivity contribution < 1.29 is 4.79 Å². The SMILES string of the molecule is C[C@@H](CCc1ccccc1)NC(=O)c1ccc(C#N)cc1. The van der Waals surface area contributed by atoms with Crippen LogP contribution in [0.1, 0.15) is 34.8 Å². The van der Waals surface area contributed by atoms with Crippen molar-refractivity contribution in [2.75, 3.05) is 0 Å². The van der Waals surface area contributed by atoms with Gasteiger partial charge in [0.15, 0.2) is 0 Å². The van der Waals surface area contributed by atoms with Gasteiger partial charge >= 0.3 is 0 Å². The van der Waals surface area contributed by atoms with Crippen LogP contribution in [0.3, 0.4) is 0 Å². The lowest BCUT2D eigenvalue weighted by Gasteiger charge is -2.14. The van der Waals surface area contributed by atoms with Crippen LogP contribution in [0.5, 0.6) is 0 Å². The Kier molecular flexibility index (Phi) is 5.11. The van der Waals surface area contributed by atoms with E-state index >= 15 is 0 Å². The number of hydrogen-bond acceptors (Lipinski definition) is 2. The molecule has 1 amide bonds. The first-order valence-electron chi connectivity index (χ1n) is 7.04. The van der Waals surface area contributed by atoms with Crippen molar-refractivity contribution in [1.29, 1.82) is 5.26 Å². The first kappa shape index (κ1) is 14.8. The standard InChI is InChI=1S/C18H18N2O/c1-14(7-8-15-5-3-2-4-6-15)20-18(21)17-11-9-16(13-19)10-12-17/h2-6,9-12,14H,7-8H2,1H3,(H,20,21)/t14-/m0/s1. The van der Waals surface area contributed by atoms with Crippen molar-refractivity contribution in [2.45, 2.75) is 25.8 Å². The zero-order valence-electron chi connectivity index (χ0n) is 12.0. The van der Waals surface area contributed by atoms with E-state index in [1.807, 2.05) is 31.2 Å². The molecule has 106 valence electrons. The van der Waals surface area contributed by atoms with E-state index in [0.717, 1.165) is 12.8 Å². The van der Waals surface area contributed by atoms with Gasteiger partial charge < -0.3 is 5.32 Å². The van der Waals surface area contributed by atoms with Gasteiger partial charge in [0.2, 0.25) is 0 Å². The van der Waals surface area contributed by atoms with Crippen LogP contribution in [0.2, 0.25) is 0 Å². The first-order chi connectivity index (χ1) is 10.2. The fourth-order valence-electron chi connectivity index (χ4n) is 2.10. The largest absolute Gasteiger partial charge is 0.350 e. The Balaban J connectivity index is 1.85. The van der Waals surface area contributed by atoms with Gasteiger partial charge in [-0.1, -0.05) is 30.3 Å². The smallest absolute Gasteiger partial charge is 0.251 e. The number of nitrogens with one attached hydrogen (secondary N) is 1. The average Bonchev–Trinajstić information content (AvgIpc) is 2.54. The summed E-state index contributed by atoms with van der Waals surface area (Å²) in [6, 6.07) is 19.0. The van der Waals surface area contributed by atoms with Crippen molar-refractivity contribution >= 4 is 5.91 Å². The molecule has 0 unspecified atom stereocenters. The van der Waals surface area contributed by atoms with Crippen molar-refractivity contribution in [3.05, 3.63) is 71.3 Å². The van der Waals surface area contributed by atoms with Crippen LogP contribution in [0, 0.1) is 11.3 Å². The minimum atomic E-state index is -0.0972. The molecule has 1 atom stereocenters. The molecule has 0 saturated carbocycles. The van der Waals surface area contributed by atoms with E-state index in [4.69, 9.17) is 5.26 Å². The lowest BCUT2D eigenvalue weighted by Crippen LogP contribution is -2.32. The van der Waals surface area contributed by atoms with Crippen LogP contribution in [-0.4, -0.2) is 11.9 Å². The number of hydrogen-bond donors (Lipinski definition) is 1. The van der Waals surface area contributed by atoms with Gasteiger partial charge in [-0.15, -0.1) is 0 Å². The summed E-state index contributed by atoms with van der Waals surface area (Å²) in [5.74, 6) is -0.0972. The van der Waals surface area contributed by atoms with Crippen LogP contribution < -0.4 is 5.32 Å². The van der Waals surface area contributed by atoms with Crippen molar-refractivity contribution in [3.8, 4) is 6.07 Å². The molecule has 0 saturated heterocycles. The second-order valence-corrected chi connectivity index (χ2v) is 5.09. The Bertz CT molecular complexity index is 627. The molecule has 3 heteroatoms. The number of nitrogens with zero attached hydrogens (tertiary/aromatic N) is 1. The molecule has 2 aromatic rings. The molecular formula is C18H18N2O. The Labute approximate surface area is 125 Å². The maximum absolute atomic E-state index is 12.1. The van der Waals surface area contributed by atoms with E-state index in [0.29, 0.717) is 11.1 Å². The van der Waals surface area contributed by atoms with Gasteiger partial charge in [0, 0.05) is 11.6 Å². The highest BCUT2D eigenvalue weighted by atomic mass is 16.1. The topological polar surface area (TPSA) is 52.9 Å². The fraction of sp³-hybridized carbons (Fsp3) is 0.222. The number of amides is 1. The van der Waals surface area contributed by atoms with Gasteiger partial charge in [-0.25, -0.2) is 0 Å². The van der Waals surface area contributed by atoms with Gasteiger partial charge in [-0.2, -0.15) is 5.26 Å². The third-order valence-corrected chi connectivity index (χ3v) is 3.36. The second-order valence-electron chi connectivity index (χ2n) is 5.09. The predicted molar refractivity (Wildman–Crippen MR) is 82.8 cm³/mol. The summed E-state index contributed by atoms with van der Waals surface area (Å²) in [5, 5.41) is 11.7. The van der Waals surface area contributed by atoms with E-state index in [2.05, 4.69) is 17.4 Å². The van der Waals surface area contributed by atoms with Crippen LogP contribution in [0.15, 0.2) is 54.6 Å². The van der Waals surface area contributed by atoms with E-state index in [-0.39, 0.29) is 11.9 Å². The van der Waals surface area contributed by atoms with Gasteiger partial charge in [0.1, 0.15) is 0 Å². The summed E-state index contributed by atoms with van der Waals surface area (Å²) in [5.41, 5.74) is 2.42. The van der Waals surface area contributed by atoms with Gasteiger partial charge in [0.25, 0.3) is 5.91 Å². The molecule has 0 aliphatic heterocycles. The molecule has 0 aliphatic rings. The zero-order valence-corrected chi connectivity index (χ0v) is 12.0. The summed E-state index contributed by atoms with van der Waals surface area (Å²) in [6.07, 6.45) is 1.84. The highest BCUT2D eigenvalue weighted by molar-refractivity contribution is 5.94.